The molecule has 3 aromatic rings. The summed E-state index contributed by atoms with van der Waals surface area (Å²) in [4.78, 5) is 39.1. The predicted octanol–water partition coefficient (Wildman–Crippen LogP) is 6.06. The molecule has 0 atom stereocenters. The van der Waals surface area contributed by atoms with Gasteiger partial charge in [-0.3, -0.25) is 4.57 Å². The molecule has 1 aliphatic heterocycles. The molecule has 202 valence electrons. The highest BCUT2D eigenvalue weighted by molar-refractivity contribution is 14.1. The van der Waals surface area contributed by atoms with Crippen molar-refractivity contribution in [1.82, 2.24) is 19.4 Å². The van der Waals surface area contributed by atoms with Crippen LogP contribution in [0.3, 0.4) is 0 Å². The molecule has 0 aliphatic carbocycles. The number of anilines is 1. The van der Waals surface area contributed by atoms with Gasteiger partial charge in [-0.1, -0.05) is 12.1 Å². The van der Waals surface area contributed by atoms with Gasteiger partial charge in [0.15, 0.2) is 0 Å². The number of carbonyl (C=O) groups excluding carboxylic acids is 2. The molecule has 3 heterocycles. The van der Waals surface area contributed by atoms with Crippen molar-refractivity contribution in [3.63, 3.8) is 0 Å². The SMILES string of the molecule is CC(C)(C)OC(=O)N1CCN(c2cnc(-c3cccn3C(=O)OC(C)(C)C)c(-c3ccc(I)cc3)n2)CC1. The second-order valence-electron chi connectivity index (χ2n) is 11.1. The molecule has 1 amide bonds. The molecule has 1 aliphatic rings. The van der Waals surface area contributed by atoms with Gasteiger partial charge < -0.3 is 19.3 Å². The minimum Gasteiger partial charge on any atom is -0.444 e. The molecule has 2 aromatic heterocycles. The molecule has 1 aromatic carbocycles. The van der Waals surface area contributed by atoms with Crippen LogP contribution in [-0.2, 0) is 9.47 Å². The van der Waals surface area contributed by atoms with E-state index in [-0.39, 0.29) is 6.09 Å². The predicted molar refractivity (Wildman–Crippen MR) is 155 cm³/mol. The van der Waals surface area contributed by atoms with Crippen LogP contribution in [0.4, 0.5) is 15.4 Å². The Morgan fingerprint density at radius 2 is 1.45 bits per heavy atom. The highest BCUT2D eigenvalue weighted by atomic mass is 127. The summed E-state index contributed by atoms with van der Waals surface area (Å²) in [6, 6.07) is 11.7. The van der Waals surface area contributed by atoms with Crippen molar-refractivity contribution in [3.8, 4) is 22.6 Å². The van der Waals surface area contributed by atoms with Crippen LogP contribution >= 0.6 is 22.6 Å². The van der Waals surface area contributed by atoms with Gasteiger partial charge in [0.05, 0.1) is 11.9 Å². The lowest BCUT2D eigenvalue weighted by Crippen LogP contribution is -2.50. The smallest absolute Gasteiger partial charge is 0.419 e. The summed E-state index contributed by atoms with van der Waals surface area (Å²) in [5, 5.41) is 0. The quantitative estimate of drug-likeness (QED) is 0.325. The number of piperazine rings is 1. The average molecular weight is 632 g/mol. The van der Waals surface area contributed by atoms with Crippen molar-refractivity contribution in [2.24, 2.45) is 0 Å². The number of hydrogen-bond donors (Lipinski definition) is 0. The van der Waals surface area contributed by atoms with Gasteiger partial charge in [0.25, 0.3) is 0 Å². The van der Waals surface area contributed by atoms with Gasteiger partial charge in [0.1, 0.15) is 28.4 Å². The molecule has 0 unspecified atom stereocenters. The first-order valence-electron chi connectivity index (χ1n) is 12.6. The maximum atomic E-state index is 12.9. The molecular weight excluding hydrogens is 597 g/mol. The van der Waals surface area contributed by atoms with Crippen LogP contribution < -0.4 is 4.90 Å². The lowest BCUT2D eigenvalue weighted by molar-refractivity contribution is 0.0240. The summed E-state index contributed by atoms with van der Waals surface area (Å²) >= 11 is 2.27. The molecule has 9 nitrogen and oxygen atoms in total. The van der Waals surface area contributed by atoms with E-state index in [0.717, 1.165) is 9.13 Å². The number of carbonyl (C=O) groups is 2. The fourth-order valence-electron chi connectivity index (χ4n) is 4.02. The Balaban J connectivity index is 1.65. The van der Waals surface area contributed by atoms with E-state index in [1.165, 1.54) is 4.57 Å². The first-order chi connectivity index (χ1) is 17.8. The van der Waals surface area contributed by atoms with Crippen LogP contribution in [0, 0.1) is 3.57 Å². The van der Waals surface area contributed by atoms with E-state index in [1.54, 1.807) is 23.4 Å². The van der Waals surface area contributed by atoms with Crippen molar-refractivity contribution in [3.05, 3.63) is 52.4 Å². The van der Waals surface area contributed by atoms with E-state index < -0.39 is 17.3 Å². The zero-order chi connectivity index (χ0) is 27.7. The number of benzene rings is 1. The molecule has 1 fully saturated rings. The summed E-state index contributed by atoms with van der Waals surface area (Å²) in [6.07, 6.45) is 2.62. The summed E-state index contributed by atoms with van der Waals surface area (Å²) in [7, 11) is 0. The molecular formula is C28H34IN5O4. The minimum absolute atomic E-state index is 0.305. The van der Waals surface area contributed by atoms with Gasteiger partial charge in [0.2, 0.25) is 0 Å². The Bertz CT molecular complexity index is 1300. The second-order valence-corrected chi connectivity index (χ2v) is 12.4. The number of aromatic nitrogens is 3. The monoisotopic (exact) mass is 631 g/mol. The zero-order valence-electron chi connectivity index (χ0n) is 22.7. The molecule has 38 heavy (non-hydrogen) atoms. The van der Waals surface area contributed by atoms with E-state index >= 15 is 0 Å². The van der Waals surface area contributed by atoms with Gasteiger partial charge >= 0.3 is 12.2 Å². The Kier molecular flexibility index (Phi) is 8.01. The Hall–Kier alpha value is -3.15. The van der Waals surface area contributed by atoms with E-state index in [1.807, 2.05) is 71.9 Å². The van der Waals surface area contributed by atoms with E-state index in [9.17, 15) is 9.59 Å². The first-order valence-corrected chi connectivity index (χ1v) is 13.7. The van der Waals surface area contributed by atoms with Crippen molar-refractivity contribution in [2.45, 2.75) is 52.7 Å². The summed E-state index contributed by atoms with van der Waals surface area (Å²) in [5.41, 5.74) is 1.57. The molecule has 0 saturated carbocycles. The number of rotatable bonds is 3. The Labute approximate surface area is 237 Å². The minimum atomic E-state index is -0.630. The van der Waals surface area contributed by atoms with E-state index in [2.05, 4.69) is 27.5 Å². The van der Waals surface area contributed by atoms with Crippen molar-refractivity contribution in [2.75, 3.05) is 31.1 Å². The van der Waals surface area contributed by atoms with Gasteiger partial charge in [-0.15, -0.1) is 0 Å². The molecule has 0 radical (unpaired) electrons. The molecule has 4 rings (SSSR count). The summed E-state index contributed by atoms with van der Waals surface area (Å²) < 4.78 is 13.7. The normalized spacial score (nSPS) is 14.4. The standard InChI is InChI=1S/C28H34IN5O4/c1-27(2,3)37-25(35)33-16-14-32(15-17-33)22-18-30-24(23(31-22)19-9-11-20(29)12-10-19)21-8-7-13-34(21)26(36)38-28(4,5)6/h7-13,18H,14-17H2,1-6H3. The van der Waals surface area contributed by atoms with Gasteiger partial charge in [-0.05, 0) is 88.4 Å². The largest absolute Gasteiger partial charge is 0.444 e. The Morgan fingerprint density at radius 3 is 2.05 bits per heavy atom. The lowest BCUT2D eigenvalue weighted by atomic mass is 10.1. The number of ether oxygens (including phenoxy) is 2. The van der Waals surface area contributed by atoms with Crippen LogP contribution in [0.2, 0.25) is 0 Å². The molecule has 10 heteroatoms. The molecule has 0 bridgehead atoms. The van der Waals surface area contributed by atoms with Crippen molar-refractivity contribution in [1.29, 1.82) is 0 Å². The maximum absolute atomic E-state index is 12.9. The van der Waals surface area contributed by atoms with Crippen LogP contribution in [0.25, 0.3) is 22.6 Å². The first kappa shape index (κ1) is 27.9. The third kappa shape index (κ3) is 6.83. The fourth-order valence-corrected chi connectivity index (χ4v) is 4.38. The number of nitrogens with zero attached hydrogens (tertiary/aromatic N) is 5. The van der Waals surface area contributed by atoms with Crippen molar-refractivity contribution >= 4 is 40.6 Å². The van der Waals surface area contributed by atoms with E-state index in [4.69, 9.17) is 19.4 Å². The van der Waals surface area contributed by atoms with Crippen LogP contribution in [0.15, 0.2) is 48.8 Å². The molecule has 1 saturated heterocycles. The van der Waals surface area contributed by atoms with Crippen LogP contribution in [0.1, 0.15) is 41.5 Å². The summed E-state index contributed by atoms with van der Waals surface area (Å²) in [5.74, 6) is 0.710. The zero-order valence-corrected chi connectivity index (χ0v) is 24.9. The highest BCUT2D eigenvalue weighted by Gasteiger charge is 2.28. The number of amides is 1. The van der Waals surface area contributed by atoms with Crippen molar-refractivity contribution < 1.29 is 19.1 Å². The maximum Gasteiger partial charge on any atom is 0.419 e. The molecule has 0 N–H and O–H groups in total. The summed E-state index contributed by atoms with van der Waals surface area (Å²) in [6.45, 7) is 13.4. The average Bonchev–Trinajstić information content (AvgIpc) is 3.32. The van der Waals surface area contributed by atoms with Gasteiger partial charge in [0, 0.05) is 41.5 Å². The second kappa shape index (κ2) is 10.9. The van der Waals surface area contributed by atoms with E-state index in [0.29, 0.717) is 49.1 Å². The molecule has 0 spiro atoms. The third-order valence-corrected chi connectivity index (χ3v) is 6.43. The van der Waals surface area contributed by atoms with Crippen LogP contribution in [0.5, 0.6) is 0 Å². The van der Waals surface area contributed by atoms with Gasteiger partial charge in [-0.2, -0.15) is 0 Å². The fraction of sp³-hybridized carbons (Fsp3) is 0.429. The number of hydrogen-bond acceptors (Lipinski definition) is 7. The lowest BCUT2D eigenvalue weighted by Gasteiger charge is -2.36. The third-order valence-electron chi connectivity index (χ3n) is 5.71. The Morgan fingerprint density at radius 1 is 0.842 bits per heavy atom. The highest BCUT2D eigenvalue weighted by Crippen LogP contribution is 2.32. The number of halogens is 1. The topological polar surface area (TPSA) is 89.8 Å². The van der Waals surface area contributed by atoms with Crippen LogP contribution in [-0.4, -0.2) is 69.0 Å². The van der Waals surface area contributed by atoms with Gasteiger partial charge in [-0.25, -0.2) is 19.6 Å².